The predicted octanol–water partition coefficient (Wildman–Crippen LogP) is 3.70. The van der Waals surface area contributed by atoms with Crippen LogP contribution in [0.15, 0.2) is 22.8 Å². The molecule has 0 amide bonds. The van der Waals surface area contributed by atoms with E-state index in [1.165, 1.54) is 25.8 Å². The monoisotopic (exact) mass is 292 g/mol. The Morgan fingerprint density at radius 2 is 2.19 bits per heavy atom. The first-order chi connectivity index (χ1) is 10.1. The predicted molar refractivity (Wildman–Crippen MR) is 88.5 cm³/mol. The Hall–Kier alpha value is -0.800. The Labute approximate surface area is 130 Å². The van der Waals surface area contributed by atoms with E-state index in [0.29, 0.717) is 18.1 Å². The lowest BCUT2D eigenvalue weighted by Crippen LogP contribution is -2.59. The first-order valence-corrected chi connectivity index (χ1v) is 8.61. The highest BCUT2D eigenvalue weighted by molar-refractivity contribution is 4.99. The highest BCUT2D eigenvalue weighted by Crippen LogP contribution is 2.20. The van der Waals surface area contributed by atoms with Crippen LogP contribution in [0.3, 0.4) is 0 Å². The fraction of sp³-hybridized carbons (Fsp3) is 0.778. The van der Waals surface area contributed by atoms with E-state index in [1.807, 2.05) is 6.07 Å². The van der Waals surface area contributed by atoms with Gasteiger partial charge >= 0.3 is 0 Å². The Morgan fingerprint density at radius 1 is 1.38 bits per heavy atom. The Morgan fingerprint density at radius 3 is 2.81 bits per heavy atom. The lowest BCUT2D eigenvalue weighted by atomic mass is 9.96. The maximum absolute atomic E-state index is 5.47. The molecule has 0 radical (unpaired) electrons. The summed E-state index contributed by atoms with van der Waals surface area (Å²) in [5.41, 5.74) is 0. The molecule has 0 saturated carbocycles. The van der Waals surface area contributed by atoms with Crippen LogP contribution < -0.4 is 5.32 Å². The van der Waals surface area contributed by atoms with Crippen molar-refractivity contribution in [2.45, 2.75) is 71.5 Å². The van der Waals surface area contributed by atoms with Crippen LogP contribution in [0.4, 0.5) is 0 Å². The number of furan rings is 1. The van der Waals surface area contributed by atoms with Gasteiger partial charge in [-0.3, -0.25) is 4.90 Å². The average Bonchev–Trinajstić information content (AvgIpc) is 2.97. The molecule has 3 nitrogen and oxygen atoms in total. The van der Waals surface area contributed by atoms with Gasteiger partial charge in [-0.1, -0.05) is 20.8 Å². The zero-order chi connectivity index (χ0) is 15.2. The minimum Gasteiger partial charge on any atom is -0.469 e. The number of rotatable bonds is 7. The highest BCUT2D eigenvalue weighted by Gasteiger charge is 2.30. The van der Waals surface area contributed by atoms with Gasteiger partial charge in [-0.15, -0.1) is 0 Å². The molecule has 1 aliphatic heterocycles. The van der Waals surface area contributed by atoms with Crippen molar-refractivity contribution in [2.24, 2.45) is 5.92 Å². The Bertz CT molecular complexity index is 388. The third kappa shape index (κ3) is 4.86. The van der Waals surface area contributed by atoms with Gasteiger partial charge in [0.25, 0.3) is 0 Å². The van der Waals surface area contributed by atoms with Crippen molar-refractivity contribution in [3.05, 3.63) is 24.2 Å². The van der Waals surface area contributed by atoms with Crippen molar-refractivity contribution in [1.82, 2.24) is 10.2 Å². The largest absolute Gasteiger partial charge is 0.469 e. The van der Waals surface area contributed by atoms with Gasteiger partial charge in [-0.05, 0) is 44.2 Å². The van der Waals surface area contributed by atoms with Crippen LogP contribution in [-0.4, -0.2) is 36.1 Å². The van der Waals surface area contributed by atoms with E-state index in [-0.39, 0.29) is 0 Å². The Balaban J connectivity index is 1.89. The van der Waals surface area contributed by atoms with Crippen LogP contribution in [0.2, 0.25) is 0 Å². The molecule has 0 bridgehead atoms. The molecule has 2 rings (SSSR count). The average molecular weight is 292 g/mol. The normalized spacial score (nSPS) is 25.4. The molecule has 0 aliphatic carbocycles. The summed E-state index contributed by atoms with van der Waals surface area (Å²) >= 11 is 0. The van der Waals surface area contributed by atoms with E-state index < -0.39 is 0 Å². The molecule has 1 saturated heterocycles. The maximum atomic E-state index is 5.47. The number of piperazine rings is 1. The summed E-state index contributed by atoms with van der Waals surface area (Å²) in [5.74, 6) is 1.88. The highest BCUT2D eigenvalue weighted by atomic mass is 16.3. The molecule has 1 N–H and O–H groups in total. The van der Waals surface area contributed by atoms with Crippen molar-refractivity contribution in [2.75, 3.05) is 13.1 Å². The van der Waals surface area contributed by atoms with Crippen molar-refractivity contribution >= 4 is 0 Å². The molecule has 0 spiro atoms. The standard InChI is InChI=1S/C18H32N2O/c1-5-17-12-19-16(11-14(2)3)13-20(17)15(4)8-9-18-7-6-10-21-18/h6-7,10,14-17,19H,5,8-9,11-13H2,1-4H3. The van der Waals surface area contributed by atoms with E-state index in [1.54, 1.807) is 6.26 Å². The number of hydrogen-bond acceptors (Lipinski definition) is 3. The molecule has 1 fully saturated rings. The summed E-state index contributed by atoms with van der Waals surface area (Å²) in [5, 5.41) is 3.75. The van der Waals surface area contributed by atoms with Crippen LogP contribution in [0.25, 0.3) is 0 Å². The Kier molecular flexibility index (Phi) is 6.31. The van der Waals surface area contributed by atoms with Gasteiger partial charge in [-0.25, -0.2) is 0 Å². The lowest BCUT2D eigenvalue weighted by Gasteiger charge is -2.44. The first-order valence-electron chi connectivity index (χ1n) is 8.61. The van der Waals surface area contributed by atoms with E-state index in [4.69, 9.17) is 4.42 Å². The topological polar surface area (TPSA) is 28.4 Å². The lowest BCUT2D eigenvalue weighted by molar-refractivity contribution is 0.0762. The molecule has 2 heterocycles. The van der Waals surface area contributed by atoms with Crippen molar-refractivity contribution < 1.29 is 4.42 Å². The van der Waals surface area contributed by atoms with Gasteiger partial charge in [-0.2, -0.15) is 0 Å². The third-order valence-corrected chi connectivity index (χ3v) is 4.72. The fourth-order valence-corrected chi connectivity index (χ4v) is 3.51. The molecular formula is C18H32N2O. The van der Waals surface area contributed by atoms with Crippen LogP contribution in [0.1, 0.15) is 52.7 Å². The molecule has 120 valence electrons. The van der Waals surface area contributed by atoms with Gasteiger partial charge in [0.1, 0.15) is 5.76 Å². The van der Waals surface area contributed by atoms with Crippen molar-refractivity contribution in [1.29, 1.82) is 0 Å². The van der Waals surface area contributed by atoms with E-state index in [2.05, 4.69) is 44.0 Å². The maximum Gasteiger partial charge on any atom is 0.103 e. The van der Waals surface area contributed by atoms with Crippen LogP contribution in [0, 0.1) is 5.92 Å². The van der Waals surface area contributed by atoms with Crippen molar-refractivity contribution in [3.8, 4) is 0 Å². The number of aryl methyl sites for hydroxylation is 1. The van der Waals surface area contributed by atoms with E-state index >= 15 is 0 Å². The third-order valence-electron chi connectivity index (χ3n) is 4.72. The zero-order valence-electron chi connectivity index (χ0n) is 14.1. The summed E-state index contributed by atoms with van der Waals surface area (Å²) in [4.78, 5) is 2.73. The van der Waals surface area contributed by atoms with Gasteiger partial charge in [0.2, 0.25) is 0 Å². The SMILES string of the molecule is CCC1CNC(CC(C)C)CN1C(C)CCc1ccco1. The van der Waals surface area contributed by atoms with Crippen LogP contribution in [0.5, 0.6) is 0 Å². The van der Waals surface area contributed by atoms with Crippen LogP contribution in [-0.2, 0) is 6.42 Å². The van der Waals surface area contributed by atoms with Gasteiger partial charge in [0.05, 0.1) is 6.26 Å². The quantitative estimate of drug-likeness (QED) is 0.830. The molecule has 1 aromatic heterocycles. The summed E-state index contributed by atoms with van der Waals surface area (Å²) in [7, 11) is 0. The fourth-order valence-electron chi connectivity index (χ4n) is 3.51. The second-order valence-corrected chi connectivity index (χ2v) is 6.96. The second-order valence-electron chi connectivity index (χ2n) is 6.96. The number of nitrogens with one attached hydrogen (secondary N) is 1. The number of nitrogens with zero attached hydrogens (tertiary/aromatic N) is 1. The van der Waals surface area contributed by atoms with Gasteiger partial charge in [0.15, 0.2) is 0 Å². The molecule has 0 aromatic carbocycles. The minimum absolute atomic E-state index is 0.622. The second kappa shape index (κ2) is 8.00. The smallest absolute Gasteiger partial charge is 0.103 e. The summed E-state index contributed by atoms with van der Waals surface area (Å²) < 4.78 is 5.47. The zero-order valence-corrected chi connectivity index (χ0v) is 14.1. The molecule has 1 aromatic rings. The summed E-state index contributed by atoms with van der Waals surface area (Å²) in [6.07, 6.45) is 6.50. The molecule has 1 aliphatic rings. The van der Waals surface area contributed by atoms with E-state index in [0.717, 1.165) is 24.6 Å². The summed E-state index contributed by atoms with van der Waals surface area (Å²) in [6, 6.07) is 6.03. The first kappa shape index (κ1) is 16.6. The van der Waals surface area contributed by atoms with Crippen molar-refractivity contribution in [3.63, 3.8) is 0 Å². The molecule has 3 unspecified atom stereocenters. The molecule has 3 heteroatoms. The van der Waals surface area contributed by atoms with Crippen LogP contribution >= 0.6 is 0 Å². The summed E-state index contributed by atoms with van der Waals surface area (Å²) in [6.45, 7) is 11.6. The van der Waals surface area contributed by atoms with E-state index in [9.17, 15) is 0 Å². The molecule has 3 atom stereocenters. The number of hydrogen-bond donors (Lipinski definition) is 1. The van der Waals surface area contributed by atoms with Gasteiger partial charge < -0.3 is 9.73 Å². The molecule has 21 heavy (non-hydrogen) atoms. The minimum atomic E-state index is 0.622. The van der Waals surface area contributed by atoms with Gasteiger partial charge in [0, 0.05) is 37.6 Å². The molecular weight excluding hydrogens is 260 g/mol.